The van der Waals surface area contributed by atoms with Crippen molar-refractivity contribution >= 4 is 0 Å². The third-order valence-electron chi connectivity index (χ3n) is 6.18. The normalized spacial score (nSPS) is 17.4. The molecule has 174 valence electrons. The summed E-state index contributed by atoms with van der Waals surface area (Å²) in [6, 6.07) is 19.0. The Bertz CT molecular complexity index is 1070. The van der Waals surface area contributed by atoms with Crippen LogP contribution in [0.15, 0.2) is 60.7 Å². The van der Waals surface area contributed by atoms with E-state index in [-0.39, 0.29) is 18.6 Å². The largest absolute Gasteiger partial charge is 0.505 e. The van der Waals surface area contributed by atoms with Crippen LogP contribution in [0, 0.1) is 5.82 Å². The van der Waals surface area contributed by atoms with Gasteiger partial charge < -0.3 is 24.1 Å². The SMILES string of the molecule is COCCOCOc1ccc2c(c1)CC[C@H](c1ccccc1)[C@@H]2c1cc(F)c(O)cc1OC. The highest BCUT2D eigenvalue weighted by atomic mass is 19.1. The van der Waals surface area contributed by atoms with Crippen LogP contribution in [0.1, 0.15) is 40.5 Å². The number of phenols is 1. The lowest BCUT2D eigenvalue weighted by molar-refractivity contribution is -0.00851. The van der Waals surface area contributed by atoms with Gasteiger partial charge in [0, 0.05) is 24.7 Å². The van der Waals surface area contributed by atoms with Crippen molar-refractivity contribution in [2.75, 3.05) is 34.2 Å². The van der Waals surface area contributed by atoms with Gasteiger partial charge in [0.15, 0.2) is 18.4 Å². The first-order valence-corrected chi connectivity index (χ1v) is 11.1. The lowest BCUT2D eigenvalue weighted by Crippen LogP contribution is -2.21. The number of aromatic hydroxyl groups is 1. The molecule has 0 saturated carbocycles. The molecule has 3 aromatic carbocycles. The maximum Gasteiger partial charge on any atom is 0.189 e. The molecule has 4 rings (SSSR count). The molecule has 5 nitrogen and oxygen atoms in total. The molecule has 0 saturated heterocycles. The fourth-order valence-corrected chi connectivity index (χ4v) is 4.62. The lowest BCUT2D eigenvalue weighted by Gasteiger charge is -2.35. The second-order valence-electron chi connectivity index (χ2n) is 8.10. The van der Waals surface area contributed by atoms with E-state index in [1.807, 2.05) is 36.4 Å². The van der Waals surface area contributed by atoms with Crippen LogP contribution in [0.3, 0.4) is 0 Å². The van der Waals surface area contributed by atoms with Gasteiger partial charge in [-0.2, -0.15) is 0 Å². The lowest BCUT2D eigenvalue weighted by atomic mass is 9.69. The van der Waals surface area contributed by atoms with Crippen molar-refractivity contribution in [1.82, 2.24) is 0 Å². The number of aryl methyl sites for hydroxylation is 1. The molecule has 0 aromatic heterocycles. The van der Waals surface area contributed by atoms with Crippen LogP contribution in [0.2, 0.25) is 0 Å². The number of hydrogen-bond acceptors (Lipinski definition) is 5. The van der Waals surface area contributed by atoms with Crippen molar-refractivity contribution in [2.24, 2.45) is 0 Å². The molecule has 0 aliphatic heterocycles. The Morgan fingerprint density at radius 1 is 0.970 bits per heavy atom. The number of ether oxygens (including phenoxy) is 4. The highest BCUT2D eigenvalue weighted by Crippen LogP contribution is 2.50. The summed E-state index contributed by atoms with van der Waals surface area (Å²) in [4.78, 5) is 0. The third-order valence-corrected chi connectivity index (χ3v) is 6.18. The first-order chi connectivity index (χ1) is 16.1. The van der Waals surface area contributed by atoms with Crippen molar-refractivity contribution in [2.45, 2.75) is 24.7 Å². The molecule has 0 spiro atoms. The maximum absolute atomic E-state index is 14.5. The van der Waals surface area contributed by atoms with E-state index < -0.39 is 11.6 Å². The van der Waals surface area contributed by atoms with Crippen molar-refractivity contribution < 1.29 is 28.4 Å². The number of halogens is 1. The molecule has 0 bridgehead atoms. The van der Waals surface area contributed by atoms with Crippen LogP contribution in [0.4, 0.5) is 4.39 Å². The molecule has 1 aliphatic rings. The fraction of sp³-hybridized carbons (Fsp3) is 0.333. The van der Waals surface area contributed by atoms with Crippen molar-refractivity contribution in [1.29, 1.82) is 0 Å². The number of fused-ring (bicyclic) bond motifs is 1. The molecular formula is C27H29FO5. The molecule has 1 aliphatic carbocycles. The van der Waals surface area contributed by atoms with E-state index in [1.165, 1.54) is 24.8 Å². The maximum atomic E-state index is 14.5. The van der Waals surface area contributed by atoms with Gasteiger partial charge in [-0.15, -0.1) is 0 Å². The summed E-state index contributed by atoms with van der Waals surface area (Å²) < 4.78 is 36.2. The molecular weight excluding hydrogens is 423 g/mol. The average Bonchev–Trinajstić information content (AvgIpc) is 2.85. The molecule has 0 fully saturated rings. The second-order valence-corrected chi connectivity index (χ2v) is 8.10. The number of phenolic OH excluding ortho intramolecular Hbond substituents is 1. The predicted octanol–water partition coefficient (Wildman–Crippen LogP) is 5.40. The molecule has 0 amide bonds. The van der Waals surface area contributed by atoms with E-state index >= 15 is 0 Å². The summed E-state index contributed by atoms with van der Waals surface area (Å²) in [6.07, 6.45) is 1.76. The van der Waals surface area contributed by atoms with Crippen molar-refractivity contribution in [3.05, 3.63) is 88.7 Å². The van der Waals surface area contributed by atoms with E-state index in [9.17, 15) is 9.50 Å². The van der Waals surface area contributed by atoms with Crippen LogP contribution in [0.25, 0.3) is 0 Å². The van der Waals surface area contributed by atoms with Gasteiger partial charge in [0.25, 0.3) is 0 Å². The summed E-state index contributed by atoms with van der Waals surface area (Å²) in [7, 11) is 3.17. The minimum atomic E-state index is -0.655. The monoisotopic (exact) mass is 452 g/mol. The Morgan fingerprint density at radius 3 is 2.55 bits per heavy atom. The summed E-state index contributed by atoms with van der Waals surface area (Å²) in [6.45, 7) is 1.13. The van der Waals surface area contributed by atoms with Gasteiger partial charge >= 0.3 is 0 Å². The Balaban J connectivity index is 1.71. The number of hydrogen-bond donors (Lipinski definition) is 1. The fourth-order valence-electron chi connectivity index (χ4n) is 4.62. The van der Waals surface area contributed by atoms with E-state index in [2.05, 4.69) is 12.1 Å². The molecule has 3 aromatic rings. The van der Waals surface area contributed by atoms with Crippen molar-refractivity contribution in [3.8, 4) is 17.2 Å². The van der Waals surface area contributed by atoms with Gasteiger partial charge in [0.1, 0.15) is 11.5 Å². The first kappa shape index (κ1) is 23.1. The molecule has 33 heavy (non-hydrogen) atoms. The smallest absolute Gasteiger partial charge is 0.189 e. The van der Waals surface area contributed by atoms with E-state index in [0.717, 1.165) is 35.3 Å². The number of methoxy groups -OCH3 is 2. The molecule has 2 atom stereocenters. The molecule has 0 radical (unpaired) electrons. The highest BCUT2D eigenvalue weighted by molar-refractivity contribution is 5.53. The molecule has 0 heterocycles. The second kappa shape index (κ2) is 10.7. The van der Waals surface area contributed by atoms with Crippen LogP contribution >= 0.6 is 0 Å². The average molecular weight is 453 g/mol. The van der Waals surface area contributed by atoms with Crippen LogP contribution < -0.4 is 9.47 Å². The Labute approximate surface area is 193 Å². The summed E-state index contributed by atoms with van der Waals surface area (Å²) in [5.74, 6) is 0.137. The van der Waals surface area contributed by atoms with Gasteiger partial charge in [0.05, 0.1) is 20.3 Å². The van der Waals surface area contributed by atoms with Gasteiger partial charge in [-0.3, -0.25) is 0 Å². The molecule has 6 heteroatoms. The van der Waals surface area contributed by atoms with Crippen molar-refractivity contribution in [3.63, 3.8) is 0 Å². The van der Waals surface area contributed by atoms with Gasteiger partial charge in [0.2, 0.25) is 0 Å². The van der Waals surface area contributed by atoms with Crippen LogP contribution in [0.5, 0.6) is 17.2 Å². The standard InChI is InChI=1S/C27H29FO5/c1-30-12-13-32-17-33-20-9-11-22-19(14-20)8-10-21(18-6-4-3-5-7-18)27(22)23-15-24(28)25(29)16-26(23)31-2/h3-7,9,11,14-16,21,27,29H,8,10,12-13,17H2,1-2H3/t21-,27+/m1/s1. The van der Waals surface area contributed by atoms with Crippen LogP contribution in [-0.4, -0.2) is 39.3 Å². The van der Waals surface area contributed by atoms with Gasteiger partial charge in [-0.1, -0.05) is 36.4 Å². The van der Waals surface area contributed by atoms with Crippen LogP contribution in [-0.2, 0) is 15.9 Å². The first-order valence-electron chi connectivity index (χ1n) is 11.1. The number of rotatable bonds is 9. The van der Waals surface area contributed by atoms with E-state index in [1.54, 1.807) is 7.11 Å². The van der Waals surface area contributed by atoms with E-state index in [4.69, 9.17) is 18.9 Å². The summed E-state index contributed by atoms with van der Waals surface area (Å²) >= 11 is 0. The molecule has 1 N–H and O–H groups in total. The van der Waals surface area contributed by atoms with E-state index in [0.29, 0.717) is 19.0 Å². The summed E-state index contributed by atoms with van der Waals surface area (Å²) in [5.41, 5.74) is 4.16. The summed E-state index contributed by atoms with van der Waals surface area (Å²) in [5, 5.41) is 9.91. The number of benzene rings is 3. The highest BCUT2D eigenvalue weighted by Gasteiger charge is 2.34. The zero-order valence-electron chi connectivity index (χ0n) is 18.9. The Kier molecular flexibility index (Phi) is 7.47. The minimum Gasteiger partial charge on any atom is -0.505 e. The predicted molar refractivity (Wildman–Crippen MR) is 124 cm³/mol. The third kappa shape index (κ3) is 5.13. The zero-order chi connectivity index (χ0) is 23.2. The Morgan fingerprint density at radius 2 is 1.79 bits per heavy atom. The quantitative estimate of drug-likeness (QED) is 0.348. The minimum absolute atomic E-state index is 0.131. The van der Waals surface area contributed by atoms with Gasteiger partial charge in [-0.25, -0.2) is 4.39 Å². The Hall–Kier alpha value is -3.09. The molecule has 0 unspecified atom stereocenters. The topological polar surface area (TPSA) is 57.2 Å². The zero-order valence-corrected chi connectivity index (χ0v) is 18.9. The van der Waals surface area contributed by atoms with Gasteiger partial charge in [-0.05, 0) is 53.6 Å².